The topological polar surface area (TPSA) is 147 Å². The second kappa shape index (κ2) is 11.4. The number of aromatic amines is 1. The normalized spacial score (nSPS) is 22.5. The highest BCUT2D eigenvalue weighted by Crippen LogP contribution is 2.53. The molecule has 11 heteroatoms. The number of esters is 1. The minimum absolute atomic E-state index is 0.00340. The van der Waals surface area contributed by atoms with Crippen molar-refractivity contribution in [2.75, 3.05) is 26.2 Å². The number of ether oxygens (including phenoxy) is 3. The summed E-state index contributed by atoms with van der Waals surface area (Å²) in [6.45, 7) is 2.00. The van der Waals surface area contributed by atoms with Gasteiger partial charge in [-0.25, -0.2) is 9.69 Å². The third-order valence-electron chi connectivity index (χ3n) is 9.07. The number of carboxylic acids is 1. The zero-order chi connectivity index (χ0) is 32.0. The summed E-state index contributed by atoms with van der Waals surface area (Å²) in [4.78, 5) is 59.8. The van der Waals surface area contributed by atoms with Crippen LogP contribution in [0.5, 0.6) is 11.5 Å². The molecule has 3 heterocycles. The van der Waals surface area contributed by atoms with E-state index in [1.807, 2.05) is 43.3 Å². The number of fused-ring (bicyclic) bond motifs is 2. The maximum absolute atomic E-state index is 14.4. The number of para-hydroxylation sites is 1. The molecular formula is C34H33N3O8. The van der Waals surface area contributed by atoms with E-state index in [1.54, 1.807) is 24.4 Å². The molecule has 0 saturated carbocycles. The number of benzene rings is 3. The van der Waals surface area contributed by atoms with Gasteiger partial charge in [-0.3, -0.25) is 19.7 Å². The second-order valence-electron chi connectivity index (χ2n) is 11.3. The van der Waals surface area contributed by atoms with E-state index >= 15 is 0 Å². The van der Waals surface area contributed by atoms with Crippen LogP contribution in [0.15, 0.2) is 66.9 Å². The number of carbonyl (C=O) groups is 4. The summed E-state index contributed by atoms with van der Waals surface area (Å²) < 4.78 is 16.1. The van der Waals surface area contributed by atoms with Crippen molar-refractivity contribution in [2.24, 2.45) is 11.8 Å². The first kappa shape index (κ1) is 29.9. The van der Waals surface area contributed by atoms with Crippen molar-refractivity contribution in [2.45, 2.75) is 31.3 Å². The van der Waals surface area contributed by atoms with Crippen molar-refractivity contribution in [3.63, 3.8) is 0 Å². The van der Waals surface area contributed by atoms with Crippen molar-refractivity contribution in [1.82, 2.24) is 10.3 Å². The molecule has 2 aliphatic rings. The number of anilines is 1. The van der Waals surface area contributed by atoms with E-state index in [2.05, 4.69) is 10.3 Å². The minimum Gasteiger partial charge on any atom is -0.497 e. The summed E-state index contributed by atoms with van der Waals surface area (Å²) in [5.74, 6) is -5.36. The number of aliphatic carboxylic acids is 1. The zero-order valence-electron chi connectivity index (χ0n) is 25.2. The number of rotatable bonds is 9. The van der Waals surface area contributed by atoms with E-state index in [0.717, 1.165) is 27.8 Å². The molecule has 4 unspecified atom stereocenters. The van der Waals surface area contributed by atoms with Gasteiger partial charge in [0.15, 0.2) is 0 Å². The number of aromatic nitrogens is 1. The monoisotopic (exact) mass is 611 g/mol. The standard InChI is InChI=1S/C34H33N3O8/c1-5-18-10-12-20(13-11-18)37-30(38)27-28(31(37)39)34(33(41)42,16-19-17-35-24-9-7-6-8-22(19)24)36-29(27)23-14-21(43-2)15-25(44-3)26(23)32(40)45-4/h6-15,17,27-29,35-36H,5,16H2,1-4H3,(H,41,42). The lowest BCUT2D eigenvalue weighted by atomic mass is 9.76. The molecule has 45 heavy (non-hydrogen) atoms. The molecule has 0 spiro atoms. The summed E-state index contributed by atoms with van der Waals surface area (Å²) in [6, 6.07) is 16.4. The fourth-order valence-electron chi connectivity index (χ4n) is 6.87. The molecule has 2 aliphatic heterocycles. The number of carboxylic acid groups (broad SMARTS) is 1. The van der Waals surface area contributed by atoms with Gasteiger partial charge in [0.25, 0.3) is 0 Å². The largest absolute Gasteiger partial charge is 0.497 e. The van der Waals surface area contributed by atoms with Crippen LogP contribution in [0.2, 0.25) is 0 Å². The molecule has 0 bridgehead atoms. The average Bonchev–Trinajstić information content (AvgIpc) is 3.71. The first-order valence-electron chi connectivity index (χ1n) is 14.6. The zero-order valence-corrected chi connectivity index (χ0v) is 25.2. The number of methoxy groups -OCH3 is 3. The highest BCUT2D eigenvalue weighted by Gasteiger charge is 2.69. The number of nitrogens with one attached hydrogen (secondary N) is 2. The van der Waals surface area contributed by atoms with Gasteiger partial charge in [-0.1, -0.05) is 37.3 Å². The van der Waals surface area contributed by atoms with E-state index in [9.17, 15) is 24.3 Å². The lowest BCUT2D eigenvalue weighted by Gasteiger charge is -2.31. The Morgan fingerprint density at radius 1 is 0.978 bits per heavy atom. The number of aryl methyl sites for hydroxylation is 1. The van der Waals surface area contributed by atoms with E-state index < -0.39 is 47.2 Å². The summed E-state index contributed by atoms with van der Waals surface area (Å²) in [7, 11) is 4.03. The highest BCUT2D eigenvalue weighted by atomic mass is 16.5. The molecule has 2 amide bonds. The molecule has 6 rings (SSSR count). The minimum atomic E-state index is -1.94. The Kier molecular flexibility index (Phi) is 7.57. The Bertz CT molecular complexity index is 1830. The predicted molar refractivity (Wildman–Crippen MR) is 164 cm³/mol. The van der Waals surface area contributed by atoms with Gasteiger partial charge in [0.2, 0.25) is 11.8 Å². The van der Waals surface area contributed by atoms with Crippen LogP contribution in [0, 0.1) is 11.8 Å². The van der Waals surface area contributed by atoms with Crippen LogP contribution in [-0.4, -0.2) is 60.7 Å². The second-order valence-corrected chi connectivity index (χ2v) is 11.3. The predicted octanol–water partition coefficient (Wildman–Crippen LogP) is 4.05. The molecule has 0 radical (unpaired) electrons. The number of hydrogen-bond acceptors (Lipinski definition) is 8. The van der Waals surface area contributed by atoms with Gasteiger partial charge in [0.05, 0.1) is 38.9 Å². The summed E-state index contributed by atoms with van der Waals surface area (Å²) in [5.41, 5.74) is 1.10. The van der Waals surface area contributed by atoms with Crippen molar-refractivity contribution in [3.05, 3.63) is 89.1 Å². The molecule has 2 saturated heterocycles. The van der Waals surface area contributed by atoms with Crippen LogP contribution >= 0.6 is 0 Å². The van der Waals surface area contributed by atoms with Crippen molar-refractivity contribution < 1.29 is 38.5 Å². The highest BCUT2D eigenvalue weighted by molar-refractivity contribution is 6.24. The SMILES string of the molecule is CCc1ccc(N2C(=O)C3C(c4cc(OC)cc(OC)c4C(=O)OC)NC(Cc4c[nH]c5ccccc45)(C(=O)O)C3C2=O)cc1. The number of amides is 2. The van der Waals surface area contributed by atoms with E-state index in [1.165, 1.54) is 27.4 Å². The van der Waals surface area contributed by atoms with Gasteiger partial charge in [0.1, 0.15) is 22.6 Å². The van der Waals surface area contributed by atoms with Crippen LogP contribution in [-0.2, 0) is 32.0 Å². The molecule has 1 aromatic heterocycles. The lowest BCUT2D eigenvalue weighted by Crippen LogP contribution is -2.57. The molecule has 11 nitrogen and oxygen atoms in total. The number of imide groups is 1. The third kappa shape index (κ3) is 4.62. The number of H-pyrrole nitrogens is 1. The van der Waals surface area contributed by atoms with Crippen LogP contribution < -0.4 is 19.7 Å². The molecule has 232 valence electrons. The van der Waals surface area contributed by atoms with Gasteiger partial charge in [-0.2, -0.15) is 0 Å². The molecular weight excluding hydrogens is 578 g/mol. The molecule has 3 N–H and O–H groups in total. The molecule has 0 aliphatic carbocycles. The molecule has 2 fully saturated rings. The van der Waals surface area contributed by atoms with Crippen LogP contribution in [0.4, 0.5) is 5.69 Å². The first-order valence-corrected chi connectivity index (χ1v) is 14.6. The van der Waals surface area contributed by atoms with Gasteiger partial charge in [-0.05, 0) is 47.4 Å². The fraction of sp³-hybridized carbons (Fsp3) is 0.294. The Morgan fingerprint density at radius 2 is 1.71 bits per heavy atom. The molecule has 3 aromatic carbocycles. The van der Waals surface area contributed by atoms with E-state index in [-0.39, 0.29) is 23.3 Å². The van der Waals surface area contributed by atoms with Gasteiger partial charge >= 0.3 is 11.9 Å². The Balaban J connectivity index is 1.58. The van der Waals surface area contributed by atoms with Crippen LogP contribution in [0.3, 0.4) is 0 Å². The number of hydrogen-bond donors (Lipinski definition) is 3. The molecule has 4 aromatic rings. The van der Waals surface area contributed by atoms with Gasteiger partial charge in [-0.15, -0.1) is 0 Å². The maximum Gasteiger partial charge on any atom is 0.341 e. The first-order chi connectivity index (χ1) is 21.7. The smallest absolute Gasteiger partial charge is 0.341 e. The van der Waals surface area contributed by atoms with E-state index in [0.29, 0.717) is 17.0 Å². The van der Waals surface area contributed by atoms with Crippen LogP contribution in [0.1, 0.15) is 40.0 Å². The number of carbonyl (C=O) groups excluding carboxylic acids is 3. The Morgan fingerprint density at radius 3 is 2.36 bits per heavy atom. The summed E-state index contributed by atoms with van der Waals surface area (Å²) in [6.07, 6.45) is 2.36. The third-order valence-corrected chi connectivity index (χ3v) is 9.07. The lowest BCUT2D eigenvalue weighted by molar-refractivity contribution is -0.148. The number of nitrogens with zero attached hydrogens (tertiary/aromatic N) is 1. The molecule has 4 atom stereocenters. The quantitative estimate of drug-likeness (QED) is 0.188. The van der Waals surface area contributed by atoms with Crippen molar-refractivity contribution in [3.8, 4) is 11.5 Å². The Hall–Kier alpha value is -5.16. The van der Waals surface area contributed by atoms with Crippen molar-refractivity contribution >= 4 is 40.3 Å². The van der Waals surface area contributed by atoms with Gasteiger partial charge < -0.3 is 24.3 Å². The van der Waals surface area contributed by atoms with Crippen molar-refractivity contribution in [1.29, 1.82) is 0 Å². The van der Waals surface area contributed by atoms with Gasteiger partial charge in [0, 0.05) is 35.6 Å². The fourth-order valence-corrected chi connectivity index (χ4v) is 6.87. The summed E-state index contributed by atoms with van der Waals surface area (Å²) in [5, 5.41) is 15.0. The van der Waals surface area contributed by atoms with E-state index in [4.69, 9.17) is 14.2 Å². The Labute approximate surface area is 259 Å². The maximum atomic E-state index is 14.4. The summed E-state index contributed by atoms with van der Waals surface area (Å²) >= 11 is 0. The average molecular weight is 612 g/mol. The van der Waals surface area contributed by atoms with Crippen LogP contribution in [0.25, 0.3) is 10.9 Å².